The molecule has 1 heterocycles. The standard InChI is InChI=1S/C21H21NO3/c1-25-17-8-7-16-9-11-21(18(16)13-17)12-10-19(23)22(20(21)24)14-15-5-3-2-4-6-15/h2-8,13H,9-12,14H2,1H3. The van der Waals surface area contributed by atoms with Crippen LogP contribution in [0.4, 0.5) is 0 Å². The number of rotatable bonds is 3. The van der Waals surface area contributed by atoms with Gasteiger partial charge in [-0.1, -0.05) is 36.4 Å². The number of ether oxygens (including phenoxy) is 1. The van der Waals surface area contributed by atoms with Crippen LogP contribution in [0.1, 0.15) is 36.0 Å². The third-order valence-electron chi connectivity index (χ3n) is 5.56. The normalized spacial score (nSPS) is 22.4. The molecular formula is C21H21NO3. The topological polar surface area (TPSA) is 46.6 Å². The molecule has 0 N–H and O–H groups in total. The van der Waals surface area contributed by atoms with Crippen LogP contribution < -0.4 is 4.74 Å². The number of amides is 2. The van der Waals surface area contributed by atoms with Crippen molar-refractivity contribution >= 4 is 11.8 Å². The van der Waals surface area contributed by atoms with Gasteiger partial charge < -0.3 is 4.74 Å². The Balaban J connectivity index is 1.71. The lowest BCUT2D eigenvalue weighted by Crippen LogP contribution is -2.52. The van der Waals surface area contributed by atoms with E-state index < -0.39 is 5.41 Å². The molecule has 2 aromatic carbocycles. The number of benzene rings is 2. The largest absolute Gasteiger partial charge is 0.497 e. The van der Waals surface area contributed by atoms with E-state index in [1.54, 1.807) is 7.11 Å². The molecule has 4 nitrogen and oxygen atoms in total. The Morgan fingerprint density at radius 3 is 2.56 bits per heavy atom. The van der Waals surface area contributed by atoms with Gasteiger partial charge in [0.05, 0.1) is 19.1 Å². The van der Waals surface area contributed by atoms with Crippen molar-refractivity contribution in [2.45, 2.75) is 37.6 Å². The molecule has 0 bridgehead atoms. The third-order valence-corrected chi connectivity index (χ3v) is 5.56. The molecule has 1 saturated heterocycles. The minimum absolute atomic E-state index is 0.0559. The highest BCUT2D eigenvalue weighted by Crippen LogP contribution is 2.47. The molecule has 0 radical (unpaired) electrons. The smallest absolute Gasteiger partial charge is 0.240 e. The highest BCUT2D eigenvalue weighted by molar-refractivity contribution is 6.04. The summed E-state index contributed by atoms with van der Waals surface area (Å²) in [6.45, 7) is 0.347. The number of fused-ring (bicyclic) bond motifs is 2. The van der Waals surface area contributed by atoms with E-state index in [0.717, 1.165) is 29.7 Å². The van der Waals surface area contributed by atoms with Crippen molar-refractivity contribution in [2.24, 2.45) is 0 Å². The Morgan fingerprint density at radius 1 is 1.04 bits per heavy atom. The molecule has 0 aromatic heterocycles. The molecule has 1 spiro atoms. The molecule has 4 heteroatoms. The number of nitrogens with zero attached hydrogens (tertiary/aromatic N) is 1. The van der Waals surface area contributed by atoms with Gasteiger partial charge in [-0.05, 0) is 48.1 Å². The molecule has 1 aliphatic heterocycles. The maximum absolute atomic E-state index is 13.4. The molecular weight excluding hydrogens is 314 g/mol. The number of hydrogen-bond donors (Lipinski definition) is 0. The van der Waals surface area contributed by atoms with Crippen molar-refractivity contribution in [1.82, 2.24) is 4.90 Å². The number of piperidine rings is 1. The highest BCUT2D eigenvalue weighted by atomic mass is 16.5. The Labute approximate surface area is 147 Å². The first kappa shape index (κ1) is 15.9. The molecule has 4 rings (SSSR count). The number of carbonyl (C=O) groups excluding carboxylic acids is 2. The number of hydrogen-bond acceptors (Lipinski definition) is 3. The van der Waals surface area contributed by atoms with Crippen LogP contribution in [0.25, 0.3) is 0 Å². The van der Waals surface area contributed by atoms with Gasteiger partial charge in [0.2, 0.25) is 11.8 Å². The van der Waals surface area contributed by atoms with E-state index in [2.05, 4.69) is 0 Å². The Morgan fingerprint density at radius 2 is 1.80 bits per heavy atom. The molecule has 1 atom stereocenters. The van der Waals surface area contributed by atoms with Crippen molar-refractivity contribution in [3.05, 3.63) is 65.2 Å². The maximum Gasteiger partial charge on any atom is 0.240 e. The Bertz CT molecular complexity index is 830. The SMILES string of the molecule is COc1ccc2c(c1)C1(CCC(=O)N(Cc3ccccc3)C1=O)CC2. The summed E-state index contributed by atoms with van der Waals surface area (Å²) < 4.78 is 5.36. The summed E-state index contributed by atoms with van der Waals surface area (Å²) in [6, 6.07) is 15.7. The molecule has 1 unspecified atom stereocenters. The van der Waals surface area contributed by atoms with Crippen molar-refractivity contribution in [3.63, 3.8) is 0 Å². The lowest BCUT2D eigenvalue weighted by molar-refractivity contribution is -0.154. The fourth-order valence-electron chi connectivity index (χ4n) is 4.17. The van der Waals surface area contributed by atoms with Crippen LogP contribution in [0.15, 0.2) is 48.5 Å². The summed E-state index contributed by atoms with van der Waals surface area (Å²) in [5.41, 5.74) is 2.64. The average molecular weight is 335 g/mol. The van der Waals surface area contributed by atoms with Crippen LogP contribution >= 0.6 is 0 Å². The van der Waals surface area contributed by atoms with Crippen LogP contribution in [-0.2, 0) is 28.0 Å². The van der Waals surface area contributed by atoms with E-state index in [9.17, 15) is 9.59 Å². The summed E-state index contributed by atoms with van der Waals surface area (Å²) in [6.07, 6.45) is 2.65. The second kappa shape index (κ2) is 6.03. The zero-order chi connectivity index (χ0) is 17.4. The van der Waals surface area contributed by atoms with Gasteiger partial charge in [0.25, 0.3) is 0 Å². The number of likely N-dealkylation sites (tertiary alicyclic amines) is 1. The molecule has 1 fully saturated rings. The van der Waals surface area contributed by atoms with Crippen LogP contribution in [-0.4, -0.2) is 23.8 Å². The van der Waals surface area contributed by atoms with E-state index in [1.807, 2.05) is 48.5 Å². The van der Waals surface area contributed by atoms with Gasteiger partial charge >= 0.3 is 0 Å². The number of imide groups is 1. The minimum atomic E-state index is -0.577. The Hall–Kier alpha value is -2.62. The number of methoxy groups -OCH3 is 1. The molecule has 2 amide bonds. The first-order chi connectivity index (χ1) is 12.1. The first-order valence-electron chi connectivity index (χ1n) is 8.70. The van der Waals surface area contributed by atoms with Crippen LogP contribution in [0.2, 0.25) is 0 Å². The van der Waals surface area contributed by atoms with Crippen molar-refractivity contribution < 1.29 is 14.3 Å². The first-order valence-corrected chi connectivity index (χ1v) is 8.70. The lowest BCUT2D eigenvalue weighted by atomic mass is 9.74. The van der Waals surface area contributed by atoms with E-state index in [4.69, 9.17) is 4.74 Å². The van der Waals surface area contributed by atoms with E-state index in [0.29, 0.717) is 19.4 Å². The van der Waals surface area contributed by atoms with E-state index >= 15 is 0 Å². The fourth-order valence-corrected chi connectivity index (χ4v) is 4.17. The van der Waals surface area contributed by atoms with Gasteiger partial charge in [-0.2, -0.15) is 0 Å². The Kier molecular flexibility index (Phi) is 3.83. The second-order valence-corrected chi connectivity index (χ2v) is 6.88. The predicted octanol–water partition coefficient (Wildman–Crippen LogP) is 3.23. The maximum atomic E-state index is 13.4. The van der Waals surface area contributed by atoms with Gasteiger partial charge in [-0.25, -0.2) is 0 Å². The van der Waals surface area contributed by atoms with Gasteiger partial charge in [0, 0.05) is 6.42 Å². The molecule has 128 valence electrons. The summed E-state index contributed by atoms with van der Waals surface area (Å²) in [4.78, 5) is 27.3. The molecule has 25 heavy (non-hydrogen) atoms. The van der Waals surface area contributed by atoms with Crippen LogP contribution in [0, 0.1) is 0 Å². The van der Waals surface area contributed by atoms with Gasteiger partial charge in [-0.15, -0.1) is 0 Å². The fraction of sp³-hybridized carbons (Fsp3) is 0.333. The lowest BCUT2D eigenvalue weighted by Gasteiger charge is -2.39. The molecule has 2 aliphatic rings. The monoisotopic (exact) mass is 335 g/mol. The van der Waals surface area contributed by atoms with Crippen LogP contribution in [0.5, 0.6) is 5.75 Å². The van der Waals surface area contributed by atoms with Gasteiger partial charge in [0.15, 0.2) is 0 Å². The average Bonchev–Trinajstić information content (AvgIpc) is 3.02. The van der Waals surface area contributed by atoms with Gasteiger partial charge in [-0.3, -0.25) is 14.5 Å². The van der Waals surface area contributed by atoms with Crippen LogP contribution in [0.3, 0.4) is 0 Å². The molecule has 0 saturated carbocycles. The number of aryl methyl sites for hydroxylation is 1. The van der Waals surface area contributed by atoms with Crippen molar-refractivity contribution in [2.75, 3.05) is 7.11 Å². The molecule has 2 aromatic rings. The number of carbonyl (C=O) groups is 2. The summed E-state index contributed by atoms with van der Waals surface area (Å²) >= 11 is 0. The van der Waals surface area contributed by atoms with E-state index in [-0.39, 0.29) is 11.8 Å². The summed E-state index contributed by atoms with van der Waals surface area (Å²) in [5.74, 6) is 0.634. The van der Waals surface area contributed by atoms with E-state index in [1.165, 1.54) is 10.5 Å². The minimum Gasteiger partial charge on any atom is -0.497 e. The van der Waals surface area contributed by atoms with Crippen molar-refractivity contribution in [1.29, 1.82) is 0 Å². The second-order valence-electron chi connectivity index (χ2n) is 6.88. The highest BCUT2D eigenvalue weighted by Gasteiger charge is 2.51. The summed E-state index contributed by atoms with van der Waals surface area (Å²) in [5, 5.41) is 0. The quantitative estimate of drug-likeness (QED) is 0.809. The molecule has 1 aliphatic carbocycles. The third kappa shape index (κ3) is 2.53. The zero-order valence-corrected chi connectivity index (χ0v) is 14.3. The van der Waals surface area contributed by atoms with Crippen molar-refractivity contribution in [3.8, 4) is 5.75 Å². The predicted molar refractivity (Wildman–Crippen MR) is 94.2 cm³/mol. The zero-order valence-electron chi connectivity index (χ0n) is 14.3. The van der Waals surface area contributed by atoms with Gasteiger partial charge in [0.1, 0.15) is 5.75 Å². The summed E-state index contributed by atoms with van der Waals surface area (Å²) in [7, 11) is 1.64.